The van der Waals surface area contributed by atoms with Crippen molar-refractivity contribution in [2.75, 3.05) is 20.8 Å². The third kappa shape index (κ3) is 1.93. The Labute approximate surface area is 134 Å². The number of benzene rings is 1. The lowest BCUT2D eigenvalue weighted by Gasteiger charge is -2.19. The molecule has 0 N–H and O–H groups in total. The van der Waals surface area contributed by atoms with Crippen LogP contribution in [0.2, 0.25) is 0 Å². The second-order valence-electron chi connectivity index (χ2n) is 6.23. The van der Waals surface area contributed by atoms with Gasteiger partial charge in [0.2, 0.25) is 0 Å². The van der Waals surface area contributed by atoms with Crippen LogP contribution in [0.4, 0.5) is 0 Å². The zero-order chi connectivity index (χ0) is 16.1. The monoisotopic (exact) mass is 314 g/mol. The molecule has 2 bridgehead atoms. The Morgan fingerprint density at radius 2 is 1.83 bits per heavy atom. The Kier molecular flexibility index (Phi) is 3.36. The summed E-state index contributed by atoms with van der Waals surface area (Å²) >= 11 is 0. The van der Waals surface area contributed by atoms with Crippen LogP contribution in [0.15, 0.2) is 35.9 Å². The molecule has 5 atom stereocenters. The molecule has 5 nitrogen and oxygen atoms in total. The zero-order valence-corrected chi connectivity index (χ0v) is 13.0. The summed E-state index contributed by atoms with van der Waals surface area (Å²) in [6.07, 6.45) is 1.33. The van der Waals surface area contributed by atoms with Crippen molar-refractivity contribution >= 4 is 11.6 Å². The van der Waals surface area contributed by atoms with Gasteiger partial charge in [0.05, 0.1) is 37.8 Å². The number of hydrogen-bond donors (Lipinski definition) is 0. The maximum Gasteiger partial charge on any atom is 0.154 e. The molecule has 0 radical (unpaired) electrons. The number of hydrogen-bond acceptors (Lipinski definition) is 5. The Morgan fingerprint density at radius 3 is 2.57 bits per heavy atom. The highest BCUT2D eigenvalue weighted by Crippen LogP contribution is 2.52. The molecule has 3 aliphatic rings. The quantitative estimate of drug-likeness (QED) is 0.623. The van der Waals surface area contributed by atoms with Crippen molar-refractivity contribution in [3.05, 3.63) is 41.5 Å². The van der Waals surface area contributed by atoms with Gasteiger partial charge in [0.1, 0.15) is 11.7 Å². The number of methoxy groups -OCH3 is 2. The van der Waals surface area contributed by atoms with Crippen LogP contribution in [0.25, 0.3) is 0 Å². The Hall–Kier alpha value is -1.98. The molecule has 1 aromatic rings. The number of carbonyl (C=O) groups is 2. The van der Waals surface area contributed by atoms with Gasteiger partial charge in [-0.15, -0.1) is 0 Å². The maximum atomic E-state index is 13.0. The minimum absolute atomic E-state index is 0.0512. The predicted molar refractivity (Wildman–Crippen MR) is 81.3 cm³/mol. The summed E-state index contributed by atoms with van der Waals surface area (Å²) < 4.78 is 16.3. The standard InChI is InChI=1S/C18H18O5/c1-21-8-9-7-12-14-15(18(9)23-12)17(20)13(16(14)19)10-5-3-4-6-11(10)22-2/h3-7,12-15,18H,8H2,1-2H3/t12?,13?,14-,15+,18?/m0/s1. The number of carbonyl (C=O) groups excluding carboxylic acids is 2. The summed E-state index contributed by atoms with van der Waals surface area (Å²) in [6, 6.07) is 7.24. The number of rotatable bonds is 4. The van der Waals surface area contributed by atoms with E-state index in [9.17, 15) is 9.59 Å². The van der Waals surface area contributed by atoms with Crippen LogP contribution >= 0.6 is 0 Å². The first kappa shape index (κ1) is 14.6. The number of fused-ring (bicyclic) bond motifs is 5. The molecule has 1 aliphatic carbocycles. The van der Waals surface area contributed by atoms with Crippen molar-refractivity contribution in [1.82, 2.24) is 0 Å². The van der Waals surface area contributed by atoms with Crippen LogP contribution in [-0.2, 0) is 19.1 Å². The predicted octanol–water partition coefficient (Wildman–Crippen LogP) is 1.52. The van der Waals surface area contributed by atoms with Crippen molar-refractivity contribution in [1.29, 1.82) is 0 Å². The molecular weight excluding hydrogens is 296 g/mol. The van der Waals surface area contributed by atoms with Crippen molar-refractivity contribution in [2.45, 2.75) is 18.1 Å². The van der Waals surface area contributed by atoms with Gasteiger partial charge in [0.25, 0.3) is 0 Å². The lowest BCUT2D eigenvalue weighted by atomic mass is 9.81. The SMILES string of the molecule is COCC1=CC2OC1[C@H]1C(=O)C(c3ccccc3OC)C(=O)[C@@H]21. The lowest BCUT2D eigenvalue weighted by molar-refractivity contribution is -0.127. The number of ketones is 2. The Bertz CT molecular complexity index is 707. The lowest BCUT2D eigenvalue weighted by Crippen LogP contribution is -2.30. The fraction of sp³-hybridized carbons (Fsp3) is 0.444. The summed E-state index contributed by atoms with van der Waals surface area (Å²) in [5.74, 6) is -1.04. The van der Waals surface area contributed by atoms with Gasteiger partial charge in [-0.25, -0.2) is 0 Å². The summed E-state index contributed by atoms with van der Waals surface area (Å²) in [5, 5.41) is 0. The molecule has 23 heavy (non-hydrogen) atoms. The average molecular weight is 314 g/mol. The zero-order valence-electron chi connectivity index (χ0n) is 13.0. The average Bonchev–Trinajstić information content (AvgIpc) is 3.20. The van der Waals surface area contributed by atoms with E-state index >= 15 is 0 Å². The number of ether oxygens (including phenoxy) is 3. The fourth-order valence-corrected chi connectivity index (χ4v) is 4.20. The molecular formula is C18H18O5. The molecule has 2 aliphatic heterocycles. The van der Waals surface area contributed by atoms with E-state index < -0.39 is 11.8 Å². The van der Waals surface area contributed by atoms with Crippen molar-refractivity contribution < 1.29 is 23.8 Å². The first-order valence-corrected chi connectivity index (χ1v) is 7.72. The van der Waals surface area contributed by atoms with Gasteiger partial charge in [-0.05, 0) is 11.6 Å². The highest BCUT2D eigenvalue weighted by Gasteiger charge is 2.63. The first-order chi connectivity index (χ1) is 11.2. The fourth-order valence-electron chi connectivity index (χ4n) is 4.20. The number of para-hydroxylation sites is 1. The molecule has 1 saturated heterocycles. The summed E-state index contributed by atoms with van der Waals surface area (Å²) in [4.78, 5) is 25.9. The van der Waals surface area contributed by atoms with Crippen LogP contribution < -0.4 is 4.74 Å². The van der Waals surface area contributed by atoms with E-state index in [0.29, 0.717) is 17.9 Å². The molecule has 5 heteroatoms. The molecule has 4 rings (SSSR count). The molecule has 2 fully saturated rings. The van der Waals surface area contributed by atoms with E-state index in [0.717, 1.165) is 5.57 Å². The molecule has 120 valence electrons. The van der Waals surface area contributed by atoms with Crippen molar-refractivity contribution in [2.24, 2.45) is 11.8 Å². The maximum absolute atomic E-state index is 13.0. The smallest absolute Gasteiger partial charge is 0.154 e. The van der Waals surface area contributed by atoms with E-state index in [1.54, 1.807) is 26.4 Å². The molecule has 2 heterocycles. The topological polar surface area (TPSA) is 61.8 Å². The van der Waals surface area contributed by atoms with E-state index in [2.05, 4.69) is 0 Å². The second kappa shape index (κ2) is 5.28. The summed E-state index contributed by atoms with van der Waals surface area (Å²) in [5.41, 5.74) is 1.63. The van der Waals surface area contributed by atoms with E-state index in [-0.39, 0.29) is 29.7 Å². The van der Waals surface area contributed by atoms with Gasteiger partial charge in [-0.3, -0.25) is 9.59 Å². The van der Waals surface area contributed by atoms with Crippen molar-refractivity contribution in [3.8, 4) is 5.75 Å². The summed E-state index contributed by atoms with van der Waals surface area (Å²) in [7, 11) is 3.16. The minimum Gasteiger partial charge on any atom is -0.496 e. The van der Waals surface area contributed by atoms with Crippen LogP contribution in [-0.4, -0.2) is 44.6 Å². The number of Topliss-reactive ketones (excluding diaryl/α,β-unsaturated/α-hetero) is 2. The third-order valence-corrected chi connectivity index (χ3v) is 5.10. The van der Waals surface area contributed by atoms with Gasteiger partial charge in [0, 0.05) is 12.7 Å². The highest BCUT2D eigenvalue weighted by molar-refractivity contribution is 6.17. The van der Waals surface area contributed by atoms with E-state index in [1.165, 1.54) is 0 Å². The van der Waals surface area contributed by atoms with Gasteiger partial charge >= 0.3 is 0 Å². The van der Waals surface area contributed by atoms with Gasteiger partial charge < -0.3 is 14.2 Å². The molecule has 0 spiro atoms. The van der Waals surface area contributed by atoms with Gasteiger partial charge in [-0.1, -0.05) is 24.3 Å². The molecule has 0 amide bonds. The second-order valence-corrected chi connectivity index (χ2v) is 6.23. The third-order valence-electron chi connectivity index (χ3n) is 5.10. The highest BCUT2D eigenvalue weighted by atomic mass is 16.5. The Balaban J connectivity index is 1.71. The molecule has 3 unspecified atom stereocenters. The largest absolute Gasteiger partial charge is 0.496 e. The van der Waals surface area contributed by atoms with Crippen LogP contribution in [0.3, 0.4) is 0 Å². The first-order valence-electron chi connectivity index (χ1n) is 7.72. The molecule has 1 aromatic carbocycles. The van der Waals surface area contributed by atoms with Crippen molar-refractivity contribution in [3.63, 3.8) is 0 Å². The van der Waals surface area contributed by atoms with Crippen LogP contribution in [0.1, 0.15) is 11.5 Å². The van der Waals surface area contributed by atoms with Gasteiger partial charge in [0.15, 0.2) is 11.6 Å². The minimum atomic E-state index is -0.745. The van der Waals surface area contributed by atoms with Crippen LogP contribution in [0, 0.1) is 11.8 Å². The molecule has 1 saturated carbocycles. The Morgan fingerprint density at radius 1 is 1.09 bits per heavy atom. The van der Waals surface area contributed by atoms with Crippen LogP contribution in [0.5, 0.6) is 5.75 Å². The van der Waals surface area contributed by atoms with E-state index in [4.69, 9.17) is 14.2 Å². The molecule has 0 aromatic heterocycles. The van der Waals surface area contributed by atoms with Gasteiger partial charge in [-0.2, -0.15) is 0 Å². The van der Waals surface area contributed by atoms with E-state index in [1.807, 2.05) is 18.2 Å². The normalized spacial score (nSPS) is 34.7. The summed E-state index contributed by atoms with van der Waals surface area (Å²) in [6.45, 7) is 0.436.